The van der Waals surface area contributed by atoms with E-state index in [0.717, 1.165) is 25.2 Å². The highest BCUT2D eigenvalue weighted by Gasteiger charge is 2.20. The fraction of sp³-hybridized carbons (Fsp3) is 0.538. The maximum absolute atomic E-state index is 11.7. The van der Waals surface area contributed by atoms with Crippen molar-refractivity contribution >= 4 is 21.4 Å². The molecule has 1 heterocycles. The van der Waals surface area contributed by atoms with Crippen molar-refractivity contribution in [3.63, 3.8) is 0 Å². The summed E-state index contributed by atoms with van der Waals surface area (Å²) in [6, 6.07) is 4.94. The zero-order valence-electron chi connectivity index (χ0n) is 11.4. The predicted octanol–water partition coefficient (Wildman–Crippen LogP) is 1.41. The van der Waals surface area contributed by atoms with Gasteiger partial charge in [0.2, 0.25) is 10.0 Å². The Hall–Kier alpha value is -1.27. The summed E-state index contributed by atoms with van der Waals surface area (Å²) >= 11 is 0. The SMILES string of the molecule is CNS(=O)(=O)c1ccc(N2CCCC(C)C2)c(N)c1. The van der Waals surface area contributed by atoms with E-state index in [1.807, 2.05) is 0 Å². The number of rotatable bonds is 3. The van der Waals surface area contributed by atoms with Crippen molar-refractivity contribution in [2.75, 3.05) is 30.8 Å². The van der Waals surface area contributed by atoms with Crippen LogP contribution < -0.4 is 15.4 Å². The summed E-state index contributed by atoms with van der Waals surface area (Å²) in [4.78, 5) is 2.44. The Morgan fingerprint density at radius 2 is 2.16 bits per heavy atom. The van der Waals surface area contributed by atoms with Gasteiger partial charge in [-0.1, -0.05) is 6.92 Å². The quantitative estimate of drug-likeness (QED) is 0.823. The van der Waals surface area contributed by atoms with Gasteiger partial charge in [-0.25, -0.2) is 13.1 Å². The van der Waals surface area contributed by atoms with E-state index in [9.17, 15) is 8.42 Å². The van der Waals surface area contributed by atoms with Crippen molar-refractivity contribution in [2.24, 2.45) is 5.92 Å². The lowest BCUT2D eigenvalue weighted by molar-refractivity contribution is 0.447. The second-order valence-corrected chi connectivity index (χ2v) is 7.01. The summed E-state index contributed by atoms with van der Waals surface area (Å²) in [6.45, 7) is 4.18. The van der Waals surface area contributed by atoms with Crippen molar-refractivity contribution in [1.29, 1.82) is 0 Å². The van der Waals surface area contributed by atoms with E-state index in [2.05, 4.69) is 16.5 Å². The normalized spacial score (nSPS) is 20.5. The first kappa shape index (κ1) is 14.1. The van der Waals surface area contributed by atoms with Gasteiger partial charge in [-0.2, -0.15) is 0 Å². The molecule has 1 aromatic rings. The highest BCUT2D eigenvalue weighted by Crippen LogP contribution is 2.29. The summed E-state index contributed by atoms with van der Waals surface area (Å²) in [5.41, 5.74) is 7.47. The van der Waals surface area contributed by atoms with Crippen LogP contribution in [0, 0.1) is 5.92 Å². The molecule has 1 aliphatic rings. The minimum atomic E-state index is -3.43. The fourth-order valence-corrected chi connectivity index (χ4v) is 3.28. The molecule has 1 atom stereocenters. The number of nitrogen functional groups attached to an aromatic ring is 1. The fourth-order valence-electron chi connectivity index (χ4n) is 2.51. The Balaban J connectivity index is 2.29. The van der Waals surface area contributed by atoms with Crippen molar-refractivity contribution < 1.29 is 8.42 Å². The van der Waals surface area contributed by atoms with Crippen LogP contribution in [0.3, 0.4) is 0 Å². The molecule has 0 bridgehead atoms. The van der Waals surface area contributed by atoms with Gasteiger partial charge in [-0.3, -0.25) is 0 Å². The van der Waals surface area contributed by atoms with Gasteiger partial charge in [0, 0.05) is 13.1 Å². The topological polar surface area (TPSA) is 75.4 Å². The van der Waals surface area contributed by atoms with Gasteiger partial charge in [-0.05, 0) is 44.0 Å². The van der Waals surface area contributed by atoms with Crippen molar-refractivity contribution in [3.05, 3.63) is 18.2 Å². The third-order valence-corrected chi connectivity index (χ3v) is 4.99. The van der Waals surface area contributed by atoms with Gasteiger partial charge in [0.1, 0.15) is 0 Å². The Bertz CT molecular complexity index is 557. The molecule has 19 heavy (non-hydrogen) atoms. The van der Waals surface area contributed by atoms with E-state index in [-0.39, 0.29) is 4.90 Å². The van der Waals surface area contributed by atoms with Crippen LogP contribution in [0.4, 0.5) is 11.4 Å². The number of anilines is 2. The molecule has 2 rings (SSSR count). The lowest BCUT2D eigenvalue weighted by Gasteiger charge is -2.33. The molecule has 0 radical (unpaired) electrons. The molecule has 3 N–H and O–H groups in total. The van der Waals surface area contributed by atoms with Gasteiger partial charge in [0.15, 0.2) is 0 Å². The number of sulfonamides is 1. The molecular formula is C13H21N3O2S. The molecular weight excluding hydrogens is 262 g/mol. The third kappa shape index (κ3) is 3.01. The zero-order chi connectivity index (χ0) is 14.0. The Morgan fingerprint density at radius 1 is 1.42 bits per heavy atom. The molecule has 0 saturated carbocycles. The number of piperidine rings is 1. The van der Waals surface area contributed by atoms with E-state index in [1.165, 1.54) is 19.5 Å². The van der Waals surface area contributed by atoms with Crippen LogP contribution in [-0.4, -0.2) is 28.6 Å². The van der Waals surface area contributed by atoms with Crippen molar-refractivity contribution in [1.82, 2.24) is 4.72 Å². The average Bonchev–Trinajstić information content (AvgIpc) is 2.38. The molecule has 0 spiro atoms. The molecule has 0 amide bonds. The largest absolute Gasteiger partial charge is 0.397 e. The zero-order valence-corrected chi connectivity index (χ0v) is 12.2. The number of benzene rings is 1. The minimum Gasteiger partial charge on any atom is -0.397 e. The summed E-state index contributed by atoms with van der Waals surface area (Å²) in [5, 5.41) is 0. The van der Waals surface area contributed by atoms with E-state index < -0.39 is 10.0 Å². The molecule has 0 aliphatic carbocycles. The molecule has 1 aliphatic heterocycles. The summed E-state index contributed by atoms with van der Waals surface area (Å²) in [6.07, 6.45) is 2.39. The second kappa shape index (κ2) is 5.38. The average molecular weight is 283 g/mol. The smallest absolute Gasteiger partial charge is 0.240 e. The molecule has 1 unspecified atom stereocenters. The monoisotopic (exact) mass is 283 g/mol. The molecule has 1 aromatic carbocycles. The highest BCUT2D eigenvalue weighted by atomic mass is 32.2. The van der Waals surface area contributed by atoms with Crippen LogP contribution in [0.15, 0.2) is 23.1 Å². The minimum absolute atomic E-state index is 0.210. The van der Waals surface area contributed by atoms with Crippen molar-refractivity contribution in [2.45, 2.75) is 24.7 Å². The molecule has 5 nitrogen and oxygen atoms in total. The number of hydrogen-bond donors (Lipinski definition) is 2. The lowest BCUT2D eigenvalue weighted by Crippen LogP contribution is -2.34. The summed E-state index contributed by atoms with van der Waals surface area (Å²) < 4.78 is 25.7. The van der Waals surface area contributed by atoms with Gasteiger partial charge >= 0.3 is 0 Å². The first-order valence-corrected chi connectivity index (χ1v) is 8.00. The van der Waals surface area contributed by atoms with Gasteiger partial charge in [0.05, 0.1) is 16.3 Å². The standard InChI is InChI=1S/C13H21N3O2S/c1-10-4-3-7-16(9-10)13-6-5-11(8-12(13)14)19(17,18)15-2/h5-6,8,10,15H,3-4,7,9,14H2,1-2H3. The van der Waals surface area contributed by atoms with Gasteiger partial charge in [-0.15, -0.1) is 0 Å². The van der Waals surface area contributed by atoms with E-state index >= 15 is 0 Å². The van der Waals surface area contributed by atoms with Crippen LogP contribution in [0.25, 0.3) is 0 Å². The first-order valence-electron chi connectivity index (χ1n) is 6.52. The summed E-state index contributed by atoms with van der Waals surface area (Å²) in [7, 11) is -2.03. The first-order chi connectivity index (χ1) is 8.94. The van der Waals surface area contributed by atoms with E-state index in [0.29, 0.717) is 11.6 Å². The molecule has 6 heteroatoms. The number of nitrogens with one attached hydrogen (secondary N) is 1. The molecule has 1 fully saturated rings. The molecule has 1 saturated heterocycles. The maximum Gasteiger partial charge on any atom is 0.240 e. The molecule has 106 valence electrons. The van der Waals surface area contributed by atoms with Gasteiger partial charge in [0.25, 0.3) is 0 Å². The van der Waals surface area contributed by atoms with Crippen LogP contribution in [0.1, 0.15) is 19.8 Å². The van der Waals surface area contributed by atoms with E-state index in [4.69, 9.17) is 5.73 Å². The van der Waals surface area contributed by atoms with Crippen molar-refractivity contribution in [3.8, 4) is 0 Å². The van der Waals surface area contributed by atoms with Crippen LogP contribution in [0.2, 0.25) is 0 Å². The van der Waals surface area contributed by atoms with Crippen LogP contribution >= 0.6 is 0 Å². The van der Waals surface area contributed by atoms with Gasteiger partial charge < -0.3 is 10.6 Å². The highest BCUT2D eigenvalue weighted by molar-refractivity contribution is 7.89. The number of nitrogens with zero attached hydrogens (tertiary/aromatic N) is 1. The second-order valence-electron chi connectivity index (χ2n) is 5.12. The number of hydrogen-bond acceptors (Lipinski definition) is 4. The Morgan fingerprint density at radius 3 is 2.74 bits per heavy atom. The Labute approximate surface area is 114 Å². The van der Waals surface area contributed by atoms with Crippen LogP contribution in [0.5, 0.6) is 0 Å². The third-order valence-electron chi connectivity index (χ3n) is 3.58. The van der Waals surface area contributed by atoms with E-state index in [1.54, 1.807) is 12.1 Å². The Kier molecular flexibility index (Phi) is 4.01. The predicted molar refractivity (Wildman–Crippen MR) is 77.7 cm³/mol. The van der Waals surface area contributed by atoms with Crippen LogP contribution in [-0.2, 0) is 10.0 Å². The number of nitrogens with two attached hydrogens (primary N) is 1. The summed E-state index contributed by atoms with van der Waals surface area (Å²) in [5.74, 6) is 0.647. The lowest BCUT2D eigenvalue weighted by atomic mass is 9.99. The maximum atomic E-state index is 11.7. The molecule has 0 aromatic heterocycles.